The lowest BCUT2D eigenvalue weighted by atomic mass is 10.1. The highest BCUT2D eigenvalue weighted by atomic mass is 16.5. The van der Waals surface area contributed by atoms with Crippen LogP contribution in [-0.4, -0.2) is 54.9 Å². The summed E-state index contributed by atoms with van der Waals surface area (Å²) in [7, 11) is 1.90. The minimum absolute atomic E-state index is 0.00741. The summed E-state index contributed by atoms with van der Waals surface area (Å²) in [6.07, 6.45) is 0.773. The quantitative estimate of drug-likeness (QED) is 0.0792. The molecule has 0 bridgehead atoms. The molecule has 0 atom stereocenters. The number of benzene rings is 3. The second-order valence-corrected chi connectivity index (χ2v) is 12.7. The number of amides is 2. The minimum Gasteiger partial charge on any atom is -0.459 e. The number of aryl methyl sites for hydroxylation is 4. The van der Waals surface area contributed by atoms with Crippen molar-refractivity contribution in [2.24, 2.45) is 17.8 Å². The zero-order valence-corrected chi connectivity index (χ0v) is 31.0. The van der Waals surface area contributed by atoms with E-state index in [4.69, 9.17) is 20.2 Å². The van der Waals surface area contributed by atoms with E-state index in [0.717, 1.165) is 34.0 Å². The summed E-state index contributed by atoms with van der Waals surface area (Å²) in [5, 5.41) is 3.35. The second kappa shape index (κ2) is 17.2. The first kappa shape index (κ1) is 37.8. The van der Waals surface area contributed by atoms with E-state index in [1.165, 1.54) is 4.90 Å². The molecule has 0 saturated heterocycles. The van der Waals surface area contributed by atoms with Gasteiger partial charge in [0.15, 0.2) is 0 Å². The van der Waals surface area contributed by atoms with Crippen molar-refractivity contribution in [3.05, 3.63) is 142 Å². The highest BCUT2D eigenvalue weighted by Gasteiger charge is 2.22. The predicted octanol–water partition coefficient (Wildman–Crippen LogP) is 6.12. The maximum absolute atomic E-state index is 13.9. The largest absolute Gasteiger partial charge is 0.459 e. The number of hydrogen-bond donors (Lipinski definition) is 2. The van der Waals surface area contributed by atoms with Crippen LogP contribution in [-0.2, 0) is 41.1 Å². The van der Waals surface area contributed by atoms with Crippen molar-refractivity contribution in [1.82, 2.24) is 24.5 Å². The van der Waals surface area contributed by atoms with Crippen molar-refractivity contribution in [2.45, 2.75) is 47.0 Å². The van der Waals surface area contributed by atoms with Crippen molar-refractivity contribution >= 4 is 46.3 Å². The Bertz CT molecular complexity index is 2340. The number of nitrogens with zero attached hydrogens (tertiary/aromatic N) is 7. The van der Waals surface area contributed by atoms with E-state index in [9.17, 15) is 14.4 Å². The van der Waals surface area contributed by atoms with Gasteiger partial charge in [0.25, 0.3) is 5.91 Å². The number of rotatable bonds is 13. The number of pyridine rings is 1. The highest BCUT2D eigenvalue weighted by Crippen LogP contribution is 2.22. The molecule has 0 radical (unpaired) electrons. The molecule has 0 fully saturated rings. The Morgan fingerprint density at radius 3 is 2.29 bits per heavy atom. The molecule has 0 spiro atoms. The van der Waals surface area contributed by atoms with Gasteiger partial charge in [-0.2, -0.15) is 4.99 Å². The zero-order valence-electron chi connectivity index (χ0n) is 31.0. The van der Waals surface area contributed by atoms with Crippen LogP contribution in [0.4, 0.5) is 16.3 Å². The summed E-state index contributed by atoms with van der Waals surface area (Å²) in [5.74, 6) is 0.381. The standard InChI is InChI=1S/C41H41N9O5/c1-26-27(2)46-34(28(3)45-26)25-54-38(51)19-21-50(36-12-8-9-20-43-36)40(52)31-15-18-35-33(22-31)47-37(49(35)4)23-44-32-16-13-30(14-17-32)39(42)48-41(53)55-24-29-10-6-5-7-11-29/h5-18,20,22,44H,19,21,23-25H2,1-4H3,(H2,42,48,53). The van der Waals surface area contributed by atoms with E-state index in [1.807, 2.05) is 80.9 Å². The van der Waals surface area contributed by atoms with E-state index >= 15 is 0 Å². The Kier molecular flexibility index (Phi) is 11.8. The molecule has 280 valence electrons. The van der Waals surface area contributed by atoms with Gasteiger partial charge in [-0.1, -0.05) is 36.4 Å². The number of hydrogen-bond acceptors (Lipinski definition) is 10. The molecule has 0 unspecified atom stereocenters. The number of amidine groups is 1. The average Bonchev–Trinajstić information content (AvgIpc) is 3.52. The second-order valence-electron chi connectivity index (χ2n) is 12.7. The fraction of sp³-hybridized carbons (Fsp3) is 0.220. The van der Waals surface area contributed by atoms with Crippen LogP contribution < -0.4 is 16.0 Å². The van der Waals surface area contributed by atoms with Crippen molar-refractivity contribution in [1.29, 1.82) is 0 Å². The molecule has 3 heterocycles. The summed E-state index contributed by atoms with van der Waals surface area (Å²) < 4.78 is 12.7. The fourth-order valence-corrected chi connectivity index (χ4v) is 5.71. The number of carbonyl (C=O) groups excluding carboxylic acids is 3. The first-order chi connectivity index (χ1) is 26.5. The molecule has 3 aromatic carbocycles. The van der Waals surface area contributed by atoms with E-state index in [2.05, 4.69) is 25.3 Å². The summed E-state index contributed by atoms with van der Waals surface area (Å²) in [6, 6.07) is 27.1. The smallest absolute Gasteiger partial charge is 0.435 e. The number of ether oxygens (including phenoxy) is 2. The molecule has 0 aliphatic heterocycles. The number of aliphatic imine (C=N–C) groups is 1. The molecule has 14 heteroatoms. The number of aromatic nitrogens is 5. The third-order valence-electron chi connectivity index (χ3n) is 8.93. The Morgan fingerprint density at radius 2 is 1.55 bits per heavy atom. The van der Waals surface area contributed by atoms with Crippen molar-refractivity contribution in [3.8, 4) is 0 Å². The lowest BCUT2D eigenvalue weighted by molar-refractivity contribution is -0.144. The maximum atomic E-state index is 13.9. The van der Waals surface area contributed by atoms with Crippen LogP contribution in [0.2, 0.25) is 0 Å². The number of fused-ring (bicyclic) bond motifs is 1. The van der Waals surface area contributed by atoms with Gasteiger partial charge in [-0.15, -0.1) is 0 Å². The molecule has 0 aliphatic carbocycles. The Balaban J connectivity index is 1.08. The van der Waals surface area contributed by atoms with Gasteiger partial charge < -0.3 is 25.1 Å². The molecule has 0 saturated carbocycles. The summed E-state index contributed by atoms with van der Waals surface area (Å²) >= 11 is 0. The zero-order chi connectivity index (χ0) is 38.9. The predicted molar refractivity (Wildman–Crippen MR) is 208 cm³/mol. The molecule has 3 N–H and O–H groups in total. The number of esters is 1. The van der Waals surface area contributed by atoms with Gasteiger partial charge in [-0.05, 0) is 80.9 Å². The third-order valence-corrected chi connectivity index (χ3v) is 8.93. The van der Waals surface area contributed by atoms with Gasteiger partial charge in [-0.25, -0.2) is 14.8 Å². The van der Waals surface area contributed by atoms with E-state index in [-0.39, 0.29) is 37.9 Å². The maximum Gasteiger partial charge on any atom is 0.435 e. The monoisotopic (exact) mass is 739 g/mol. The number of nitrogens with one attached hydrogen (secondary N) is 1. The van der Waals surface area contributed by atoms with Crippen molar-refractivity contribution < 1.29 is 23.9 Å². The van der Waals surface area contributed by atoms with Crippen LogP contribution in [0, 0.1) is 20.8 Å². The summed E-state index contributed by atoms with van der Waals surface area (Å²) in [5.41, 5.74) is 13.0. The first-order valence-electron chi connectivity index (χ1n) is 17.6. The van der Waals surface area contributed by atoms with Crippen molar-refractivity contribution in [3.63, 3.8) is 0 Å². The highest BCUT2D eigenvalue weighted by molar-refractivity contribution is 6.07. The Hall–Kier alpha value is -6.96. The molecule has 55 heavy (non-hydrogen) atoms. The van der Waals surface area contributed by atoms with Gasteiger partial charge in [0.2, 0.25) is 0 Å². The first-order valence-corrected chi connectivity index (χ1v) is 17.6. The van der Waals surface area contributed by atoms with E-state index in [1.54, 1.807) is 48.7 Å². The van der Waals surface area contributed by atoms with Crippen LogP contribution >= 0.6 is 0 Å². The molecular formula is C41H41N9O5. The van der Waals surface area contributed by atoms with Crippen LogP contribution in [0.1, 0.15) is 56.5 Å². The molecule has 6 aromatic rings. The summed E-state index contributed by atoms with van der Waals surface area (Å²) in [6.45, 7) is 6.10. The number of anilines is 2. The lowest BCUT2D eigenvalue weighted by Gasteiger charge is -2.21. The van der Waals surface area contributed by atoms with Crippen LogP contribution in [0.3, 0.4) is 0 Å². The SMILES string of the molecule is Cc1nc(C)c(COC(=O)CCN(C(=O)c2ccc3c(c2)nc(CNc2ccc(/C(N)=N\C(=O)OCc4ccccc4)cc2)n3C)c2ccccn2)nc1C. The Morgan fingerprint density at radius 1 is 0.818 bits per heavy atom. The summed E-state index contributed by atoms with van der Waals surface area (Å²) in [4.78, 5) is 62.4. The van der Waals surface area contributed by atoms with E-state index in [0.29, 0.717) is 40.4 Å². The van der Waals surface area contributed by atoms with E-state index < -0.39 is 12.1 Å². The van der Waals surface area contributed by atoms with Crippen LogP contribution in [0.25, 0.3) is 11.0 Å². The number of nitrogens with two attached hydrogens (primary N) is 1. The average molecular weight is 740 g/mol. The lowest BCUT2D eigenvalue weighted by Crippen LogP contribution is -2.34. The van der Waals surface area contributed by atoms with Gasteiger partial charge in [0, 0.05) is 36.6 Å². The van der Waals surface area contributed by atoms with Crippen LogP contribution in [0.15, 0.2) is 102 Å². The van der Waals surface area contributed by atoms with Crippen molar-refractivity contribution in [2.75, 3.05) is 16.8 Å². The molecule has 2 amide bonds. The molecule has 6 rings (SSSR count). The molecule has 0 aliphatic rings. The molecule has 3 aromatic heterocycles. The number of imidazole rings is 1. The minimum atomic E-state index is -0.768. The topological polar surface area (TPSA) is 180 Å². The van der Waals surface area contributed by atoms with Crippen LogP contribution in [0.5, 0.6) is 0 Å². The van der Waals surface area contributed by atoms with Gasteiger partial charge >= 0.3 is 12.1 Å². The number of carbonyl (C=O) groups is 3. The molecular weight excluding hydrogens is 699 g/mol. The fourth-order valence-electron chi connectivity index (χ4n) is 5.71. The van der Waals surface area contributed by atoms with Gasteiger partial charge in [-0.3, -0.25) is 24.5 Å². The molecule has 14 nitrogen and oxygen atoms in total. The van der Waals surface area contributed by atoms with Gasteiger partial charge in [0.1, 0.15) is 30.7 Å². The Labute approximate surface area is 318 Å². The van der Waals surface area contributed by atoms with Gasteiger partial charge in [0.05, 0.1) is 46.8 Å². The normalized spacial score (nSPS) is 11.3. The third kappa shape index (κ3) is 9.53.